The molecule has 4 amide bonds. The van der Waals surface area contributed by atoms with Crippen molar-refractivity contribution in [3.05, 3.63) is 29.3 Å². The number of hydrogen-bond acceptors (Lipinski definition) is 3. The number of aryl methyl sites for hydroxylation is 1. The van der Waals surface area contributed by atoms with Gasteiger partial charge in [0.15, 0.2) is 0 Å². The molecule has 1 aliphatic rings. The third-order valence-electron chi connectivity index (χ3n) is 4.33. The molecule has 1 N–H and O–H groups in total. The summed E-state index contributed by atoms with van der Waals surface area (Å²) in [6.45, 7) is 4.83. The lowest BCUT2D eigenvalue weighted by molar-refractivity contribution is 0.129. The van der Waals surface area contributed by atoms with E-state index in [9.17, 15) is 9.59 Å². The Morgan fingerprint density at radius 3 is 2.40 bits per heavy atom. The van der Waals surface area contributed by atoms with Crippen molar-refractivity contribution in [3.63, 3.8) is 0 Å². The van der Waals surface area contributed by atoms with Gasteiger partial charge in [0.25, 0.3) is 0 Å². The van der Waals surface area contributed by atoms with Crippen molar-refractivity contribution in [3.8, 4) is 5.75 Å². The summed E-state index contributed by atoms with van der Waals surface area (Å²) in [4.78, 5) is 29.3. The van der Waals surface area contributed by atoms with Crippen LogP contribution in [0.1, 0.15) is 11.1 Å². The first kappa shape index (κ1) is 18.9. The number of nitrogens with one attached hydrogen (secondary N) is 1. The molecule has 1 aromatic rings. The zero-order valence-corrected chi connectivity index (χ0v) is 15.5. The Labute approximate surface area is 149 Å². The van der Waals surface area contributed by atoms with Crippen LogP contribution in [0.3, 0.4) is 0 Å². The van der Waals surface area contributed by atoms with Crippen LogP contribution in [0.25, 0.3) is 0 Å². The van der Waals surface area contributed by atoms with Crippen LogP contribution in [0.2, 0.25) is 0 Å². The minimum absolute atomic E-state index is 0.00778. The summed E-state index contributed by atoms with van der Waals surface area (Å²) in [7, 11) is 5.13. The van der Waals surface area contributed by atoms with Gasteiger partial charge in [-0.3, -0.25) is 0 Å². The molecule has 1 saturated heterocycles. The summed E-state index contributed by atoms with van der Waals surface area (Å²) in [5.74, 6) is 0.843. The van der Waals surface area contributed by atoms with Gasteiger partial charge >= 0.3 is 12.1 Å². The normalized spacial score (nSPS) is 14.2. The number of methoxy groups -OCH3 is 1. The zero-order chi connectivity index (χ0) is 18.4. The smallest absolute Gasteiger partial charge is 0.319 e. The second kappa shape index (κ2) is 8.60. The average Bonchev–Trinajstić information content (AvgIpc) is 2.61. The Balaban J connectivity index is 1.78. The second-order valence-electron chi connectivity index (χ2n) is 6.45. The highest BCUT2D eigenvalue weighted by molar-refractivity contribution is 5.76. The van der Waals surface area contributed by atoms with E-state index in [1.165, 1.54) is 5.56 Å². The Morgan fingerprint density at radius 2 is 1.80 bits per heavy atom. The zero-order valence-electron chi connectivity index (χ0n) is 15.5. The van der Waals surface area contributed by atoms with Gasteiger partial charge < -0.3 is 24.8 Å². The van der Waals surface area contributed by atoms with E-state index in [0.29, 0.717) is 32.7 Å². The van der Waals surface area contributed by atoms with Crippen LogP contribution in [0.5, 0.6) is 5.75 Å². The Hall–Kier alpha value is -2.44. The van der Waals surface area contributed by atoms with Gasteiger partial charge in [-0.15, -0.1) is 0 Å². The topological polar surface area (TPSA) is 65.1 Å². The number of ether oxygens (including phenoxy) is 1. The van der Waals surface area contributed by atoms with Gasteiger partial charge in [0.05, 0.1) is 7.11 Å². The van der Waals surface area contributed by atoms with Crippen molar-refractivity contribution in [1.82, 2.24) is 20.0 Å². The second-order valence-corrected chi connectivity index (χ2v) is 6.45. The number of carbonyl (C=O) groups excluding carboxylic acids is 2. The molecule has 138 valence electrons. The molecule has 1 heterocycles. The summed E-state index contributed by atoms with van der Waals surface area (Å²) in [6, 6.07) is 5.95. The third kappa shape index (κ3) is 5.01. The SMILES string of the molecule is COc1ccc(C)cc1CCNC(=O)N1CCN(C(=O)N(C)C)CC1. The number of amides is 4. The predicted octanol–water partition coefficient (Wildman–Crippen LogP) is 1.55. The van der Waals surface area contributed by atoms with Crippen LogP contribution < -0.4 is 10.1 Å². The Bertz CT molecular complexity index is 610. The van der Waals surface area contributed by atoms with E-state index in [2.05, 4.69) is 11.4 Å². The molecular weight excluding hydrogens is 320 g/mol. The summed E-state index contributed by atoms with van der Waals surface area (Å²) < 4.78 is 5.36. The monoisotopic (exact) mass is 348 g/mol. The lowest BCUT2D eigenvalue weighted by Crippen LogP contribution is -2.55. The van der Waals surface area contributed by atoms with Crippen LogP contribution >= 0.6 is 0 Å². The molecule has 1 fully saturated rings. The van der Waals surface area contributed by atoms with Gasteiger partial charge in [-0.2, -0.15) is 0 Å². The predicted molar refractivity (Wildman–Crippen MR) is 97.1 cm³/mol. The quantitative estimate of drug-likeness (QED) is 0.898. The standard InChI is InChI=1S/C18H28N4O3/c1-14-5-6-16(25-4)15(13-14)7-8-19-17(23)21-9-11-22(12-10-21)18(24)20(2)3/h5-6,13H,7-12H2,1-4H3,(H,19,23). The average molecular weight is 348 g/mol. The maximum atomic E-state index is 12.3. The number of carbonyl (C=O) groups is 2. The molecule has 0 unspecified atom stereocenters. The van der Waals surface area contributed by atoms with Crippen molar-refractivity contribution < 1.29 is 14.3 Å². The first-order valence-corrected chi connectivity index (χ1v) is 8.55. The van der Waals surface area contributed by atoms with Gasteiger partial charge in [0, 0.05) is 46.8 Å². The number of rotatable bonds is 4. The van der Waals surface area contributed by atoms with E-state index in [1.807, 2.05) is 19.1 Å². The first-order valence-electron chi connectivity index (χ1n) is 8.55. The summed E-state index contributed by atoms with van der Waals surface area (Å²) >= 11 is 0. The number of piperazine rings is 1. The van der Waals surface area contributed by atoms with Crippen LogP contribution in [0.4, 0.5) is 9.59 Å². The maximum Gasteiger partial charge on any atom is 0.319 e. The van der Waals surface area contributed by atoms with Gasteiger partial charge in [-0.25, -0.2) is 9.59 Å². The Kier molecular flexibility index (Phi) is 6.50. The van der Waals surface area contributed by atoms with Gasteiger partial charge in [0.2, 0.25) is 0 Å². The molecule has 1 aliphatic heterocycles. The van der Waals surface area contributed by atoms with E-state index < -0.39 is 0 Å². The van der Waals surface area contributed by atoms with E-state index >= 15 is 0 Å². The fraction of sp³-hybridized carbons (Fsp3) is 0.556. The lowest BCUT2D eigenvalue weighted by Gasteiger charge is -2.35. The van der Waals surface area contributed by atoms with Crippen LogP contribution in [-0.4, -0.2) is 80.7 Å². The van der Waals surface area contributed by atoms with Crippen molar-refractivity contribution in [2.24, 2.45) is 0 Å². The summed E-state index contributed by atoms with van der Waals surface area (Å²) in [5, 5.41) is 2.96. The summed E-state index contributed by atoms with van der Waals surface area (Å²) in [6.07, 6.45) is 0.718. The molecule has 0 aliphatic carbocycles. The third-order valence-corrected chi connectivity index (χ3v) is 4.33. The summed E-state index contributed by atoms with van der Waals surface area (Å²) in [5.41, 5.74) is 2.26. The minimum Gasteiger partial charge on any atom is -0.496 e. The van der Waals surface area contributed by atoms with E-state index in [0.717, 1.165) is 17.7 Å². The van der Waals surface area contributed by atoms with E-state index in [-0.39, 0.29) is 12.1 Å². The number of benzene rings is 1. The number of urea groups is 2. The number of nitrogens with zero attached hydrogens (tertiary/aromatic N) is 3. The van der Waals surface area contributed by atoms with Crippen molar-refractivity contribution >= 4 is 12.1 Å². The van der Waals surface area contributed by atoms with Crippen LogP contribution in [0, 0.1) is 6.92 Å². The minimum atomic E-state index is -0.0800. The molecule has 2 rings (SSSR count). The van der Waals surface area contributed by atoms with Crippen molar-refractivity contribution in [1.29, 1.82) is 0 Å². The molecule has 1 aromatic carbocycles. The van der Waals surface area contributed by atoms with Gasteiger partial charge in [-0.1, -0.05) is 17.7 Å². The highest BCUT2D eigenvalue weighted by atomic mass is 16.5. The molecule has 7 heteroatoms. The highest BCUT2D eigenvalue weighted by Gasteiger charge is 2.24. The van der Waals surface area contributed by atoms with Crippen molar-refractivity contribution in [2.75, 3.05) is 53.9 Å². The highest BCUT2D eigenvalue weighted by Crippen LogP contribution is 2.19. The molecule has 0 radical (unpaired) electrons. The lowest BCUT2D eigenvalue weighted by atomic mass is 10.1. The largest absolute Gasteiger partial charge is 0.496 e. The first-order chi connectivity index (χ1) is 11.9. The molecule has 7 nitrogen and oxygen atoms in total. The van der Waals surface area contributed by atoms with Crippen LogP contribution in [-0.2, 0) is 6.42 Å². The van der Waals surface area contributed by atoms with E-state index in [1.54, 1.807) is 35.9 Å². The fourth-order valence-corrected chi connectivity index (χ4v) is 2.90. The molecule has 25 heavy (non-hydrogen) atoms. The molecule has 0 atom stereocenters. The molecule has 0 bridgehead atoms. The molecule has 0 aromatic heterocycles. The van der Waals surface area contributed by atoms with Crippen LogP contribution in [0.15, 0.2) is 18.2 Å². The fourth-order valence-electron chi connectivity index (χ4n) is 2.90. The van der Waals surface area contributed by atoms with E-state index in [4.69, 9.17) is 4.74 Å². The maximum absolute atomic E-state index is 12.3. The van der Waals surface area contributed by atoms with Crippen molar-refractivity contribution in [2.45, 2.75) is 13.3 Å². The molecule has 0 spiro atoms. The number of hydrogen-bond donors (Lipinski definition) is 1. The molecule has 0 saturated carbocycles. The molecular formula is C18H28N4O3. The van der Waals surface area contributed by atoms with Gasteiger partial charge in [0.1, 0.15) is 5.75 Å². The van der Waals surface area contributed by atoms with Gasteiger partial charge in [-0.05, 0) is 25.0 Å². The Morgan fingerprint density at radius 1 is 1.16 bits per heavy atom.